The lowest BCUT2D eigenvalue weighted by molar-refractivity contribution is -0.384. The first-order valence-corrected chi connectivity index (χ1v) is 14.5. The molecule has 222 valence electrons. The zero-order valence-electron chi connectivity index (χ0n) is 24.2. The zero-order valence-corrected chi connectivity index (χ0v) is 24.2. The van der Waals surface area contributed by atoms with Crippen LogP contribution in [0.3, 0.4) is 0 Å². The summed E-state index contributed by atoms with van der Waals surface area (Å²) in [6, 6.07) is 12.4. The number of urea groups is 2. The normalized spacial score (nSPS) is 10.2. The molecule has 0 heterocycles. The molecule has 0 aliphatic rings. The molecule has 10 heteroatoms. The van der Waals surface area contributed by atoms with E-state index in [9.17, 15) is 19.7 Å². The molecule has 2 aromatic carbocycles. The molecule has 0 saturated carbocycles. The fraction of sp³-hybridized carbons (Fsp3) is 0.533. The van der Waals surface area contributed by atoms with Gasteiger partial charge in [-0.05, 0) is 49.2 Å². The number of hydrogen-bond donors (Lipinski definition) is 5. The summed E-state index contributed by atoms with van der Waals surface area (Å²) in [7, 11) is 0. The van der Waals surface area contributed by atoms with Crippen molar-refractivity contribution in [1.82, 2.24) is 10.6 Å². The number of nitrogens with two attached hydrogens (primary N) is 1. The largest absolute Gasteiger partial charge is 0.399 e. The van der Waals surface area contributed by atoms with E-state index < -0.39 is 4.92 Å². The van der Waals surface area contributed by atoms with Gasteiger partial charge in [0.25, 0.3) is 5.69 Å². The first-order chi connectivity index (χ1) is 19.3. The Balaban J connectivity index is 0.000000402. The Morgan fingerprint density at radius 2 is 1.02 bits per heavy atom. The van der Waals surface area contributed by atoms with E-state index in [1.54, 1.807) is 24.3 Å². The number of unbranched alkanes of at least 4 members (excludes halogenated alkanes) is 10. The Bertz CT molecular complexity index is 967. The van der Waals surface area contributed by atoms with E-state index in [4.69, 9.17) is 5.73 Å². The monoisotopic (exact) mass is 556 g/mol. The summed E-state index contributed by atoms with van der Waals surface area (Å²) in [5.41, 5.74) is 7.58. The van der Waals surface area contributed by atoms with E-state index in [1.807, 2.05) is 0 Å². The number of non-ortho nitro benzene ring substituents is 1. The van der Waals surface area contributed by atoms with Gasteiger partial charge in [0, 0.05) is 42.3 Å². The summed E-state index contributed by atoms with van der Waals surface area (Å²) in [6.07, 6.45) is 14.4. The van der Waals surface area contributed by atoms with E-state index in [1.165, 1.54) is 82.1 Å². The van der Waals surface area contributed by atoms with Crippen LogP contribution in [0.2, 0.25) is 0 Å². The highest BCUT2D eigenvalue weighted by molar-refractivity contribution is 5.89. The van der Waals surface area contributed by atoms with E-state index >= 15 is 0 Å². The van der Waals surface area contributed by atoms with Crippen LogP contribution in [0.1, 0.15) is 90.9 Å². The van der Waals surface area contributed by atoms with Crippen LogP contribution >= 0.6 is 0 Å². The van der Waals surface area contributed by atoms with Crippen molar-refractivity contribution in [2.24, 2.45) is 0 Å². The molecule has 0 bridgehead atoms. The highest BCUT2D eigenvalue weighted by Crippen LogP contribution is 2.15. The molecule has 4 amide bonds. The molecule has 2 aromatic rings. The van der Waals surface area contributed by atoms with Crippen LogP contribution in [-0.4, -0.2) is 30.1 Å². The van der Waals surface area contributed by atoms with E-state index in [0.29, 0.717) is 17.9 Å². The Labute approximate surface area is 239 Å². The maximum Gasteiger partial charge on any atom is 0.319 e. The molecule has 0 spiro atoms. The Hall–Kier alpha value is -3.82. The number of carbonyl (C=O) groups is 2. The number of hydrogen-bond acceptors (Lipinski definition) is 5. The molecule has 0 aliphatic carbocycles. The summed E-state index contributed by atoms with van der Waals surface area (Å²) in [6.45, 7) is 5.77. The van der Waals surface area contributed by atoms with E-state index in [0.717, 1.165) is 31.5 Å². The predicted octanol–water partition coefficient (Wildman–Crippen LogP) is 7.83. The lowest BCUT2D eigenvalue weighted by Gasteiger charge is -2.07. The van der Waals surface area contributed by atoms with Crippen molar-refractivity contribution in [3.05, 3.63) is 58.6 Å². The van der Waals surface area contributed by atoms with Crippen molar-refractivity contribution in [3.8, 4) is 0 Å². The van der Waals surface area contributed by atoms with Crippen molar-refractivity contribution in [3.63, 3.8) is 0 Å². The number of nitro groups is 1. The fourth-order valence-corrected chi connectivity index (χ4v) is 3.80. The number of rotatable bonds is 17. The number of nitrogens with one attached hydrogen (secondary N) is 4. The molecular weight excluding hydrogens is 508 g/mol. The molecule has 0 saturated heterocycles. The van der Waals surface area contributed by atoms with Gasteiger partial charge in [0.2, 0.25) is 0 Å². The first kappa shape index (κ1) is 34.2. The Kier molecular flexibility index (Phi) is 18.9. The van der Waals surface area contributed by atoms with Crippen LogP contribution in [0.5, 0.6) is 0 Å². The van der Waals surface area contributed by atoms with Gasteiger partial charge >= 0.3 is 12.1 Å². The minimum absolute atomic E-state index is 0.00744. The second-order valence-electron chi connectivity index (χ2n) is 9.72. The second kappa shape index (κ2) is 22.0. The van der Waals surface area contributed by atoms with Crippen molar-refractivity contribution >= 4 is 34.8 Å². The third-order valence-corrected chi connectivity index (χ3v) is 6.14. The number of carbonyl (C=O) groups excluding carboxylic acids is 2. The van der Waals surface area contributed by atoms with Crippen LogP contribution in [0.4, 0.5) is 32.3 Å². The molecule has 0 aliphatic heterocycles. The highest BCUT2D eigenvalue weighted by Gasteiger charge is 2.06. The van der Waals surface area contributed by atoms with Gasteiger partial charge in [-0.2, -0.15) is 0 Å². The van der Waals surface area contributed by atoms with E-state index in [-0.39, 0.29) is 17.7 Å². The highest BCUT2D eigenvalue weighted by atomic mass is 16.6. The number of nitrogen functional groups attached to an aromatic ring is 1. The molecule has 2 rings (SSSR count). The van der Waals surface area contributed by atoms with Crippen LogP contribution in [0.25, 0.3) is 0 Å². The quantitative estimate of drug-likeness (QED) is 0.0582. The molecule has 0 unspecified atom stereocenters. The lowest BCUT2D eigenvalue weighted by Crippen LogP contribution is -2.29. The number of amides is 4. The van der Waals surface area contributed by atoms with Crippen molar-refractivity contribution in [2.75, 3.05) is 29.5 Å². The number of nitrogens with zero attached hydrogens (tertiary/aromatic N) is 1. The van der Waals surface area contributed by atoms with Crippen molar-refractivity contribution in [2.45, 2.75) is 90.9 Å². The van der Waals surface area contributed by atoms with Crippen LogP contribution in [-0.2, 0) is 0 Å². The van der Waals surface area contributed by atoms with Crippen LogP contribution < -0.4 is 27.0 Å². The van der Waals surface area contributed by atoms with Crippen molar-refractivity contribution in [1.29, 1.82) is 0 Å². The van der Waals surface area contributed by atoms with Crippen LogP contribution in [0.15, 0.2) is 48.5 Å². The molecule has 10 nitrogen and oxygen atoms in total. The number of anilines is 3. The van der Waals surface area contributed by atoms with Gasteiger partial charge in [0.15, 0.2) is 0 Å². The standard InChI is InChI=1S/C15H23N3O3.C15H25N3O/c1-2-3-4-5-6-7-12-16-15(19)17-13-8-10-14(11-9-13)18(20)21;1-2-3-4-5-6-7-12-17-15(19)18-14-10-8-13(16)9-11-14/h8-11H,2-7,12H2,1H3,(H2,16,17,19);8-11H,2-7,12,16H2,1H3,(H2,17,18,19). The van der Waals surface area contributed by atoms with Gasteiger partial charge in [0.05, 0.1) is 4.92 Å². The maximum atomic E-state index is 11.6. The third kappa shape index (κ3) is 17.6. The fourth-order valence-electron chi connectivity index (χ4n) is 3.80. The Morgan fingerprint density at radius 3 is 1.43 bits per heavy atom. The molecule has 6 N–H and O–H groups in total. The van der Waals surface area contributed by atoms with Gasteiger partial charge in [-0.1, -0.05) is 78.1 Å². The smallest absolute Gasteiger partial charge is 0.319 e. The molecular formula is C30H48N6O4. The van der Waals surface area contributed by atoms with Gasteiger partial charge in [-0.3, -0.25) is 10.1 Å². The number of nitro benzene ring substituents is 1. The summed E-state index contributed by atoms with van der Waals surface area (Å²) in [5, 5.41) is 21.6. The van der Waals surface area contributed by atoms with Gasteiger partial charge in [-0.15, -0.1) is 0 Å². The predicted molar refractivity (Wildman–Crippen MR) is 165 cm³/mol. The second-order valence-corrected chi connectivity index (χ2v) is 9.72. The van der Waals surface area contributed by atoms with Gasteiger partial charge in [-0.25, -0.2) is 9.59 Å². The minimum Gasteiger partial charge on any atom is -0.399 e. The molecule has 0 fully saturated rings. The molecule has 0 atom stereocenters. The third-order valence-electron chi connectivity index (χ3n) is 6.14. The van der Waals surface area contributed by atoms with E-state index in [2.05, 4.69) is 35.1 Å². The maximum absolute atomic E-state index is 11.6. The summed E-state index contributed by atoms with van der Waals surface area (Å²) >= 11 is 0. The average Bonchev–Trinajstić information content (AvgIpc) is 2.94. The number of benzene rings is 2. The lowest BCUT2D eigenvalue weighted by atomic mass is 10.1. The van der Waals surface area contributed by atoms with Gasteiger partial charge < -0.3 is 27.0 Å². The van der Waals surface area contributed by atoms with Crippen LogP contribution in [0, 0.1) is 10.1 Å². The van der Waals surface area contributed by atoms with Crippen molar-refractivity contribution < 1.29 is 14.5 Å². The average molecular weight is 557 g/mol. The molecule has 40 heavy (non-hydrogen) atoms. The SMILES string of the molecule is CCCCCCCCNC(=O)Nc1ccc(N)cc1.CCCCCCCCNC(=O)Nc1ccc([N+](=O)[O-])cc1. The van der Waals surface area contributed by atoms with Gasteiger partial charge in [0.1, 0.15) is 0 Å². The molecule has 0 radical (unpaired) electrons. The molecule has 0 aromatic heterocycles. The topological polar surface area (TPSA) is 151 Å². The minimum atomic E-state index is -0.470. The summed E-state index contributed by atoms with van der Waals surface area (Å²) in [5.74, 6) is 0. The Morgan fingerprint density at radius 1 is 0.650 bits per heavy atom. The summed E-state index contributed by atoms with van der Waals surface area (Å²) < 4.78 is 0. The first-order valence-electron chi connectivity index (χ1n) is 14.5. The summed E-state index contributed by atoms with van der Waals surface area (Å²) in [4.78, 5) is 33.2. The zero-order chi connectivity index (χ0) is 29.4.